The van der Waals surface area contributed by atoms with Crippen molar-refractivity contribution in [2.24, 2.45) is 0 Å². The van der Waals surface area contributed by atoms with Gasteiger partial charge in [-0.25, -0.2) is 27.2 Å². The molecule has 5 N–H and O–H groups in total. The maximum atomic E-state index is 13.8. The van der Waals surface area contributed by atoms with Gasteiger partial charge in [0, 0.05) is 45.3 Å². The molecule has 5 aromatic carbocycles. The number of aryl methyl sites for hydroxylation is 2. The Labute approximate surface area is 323 Å². The molecule has 0 spiro atoms. The third kappa shape index (κ3) is 9.64. The number of anilines is 6. The highest BCUT2D eigenvalue weighted by Gasteiger charge is 2.20. The van der Waals surface area contributed by atoms with Gasteiger partial charge in [-0.15, -0.1) is 11.3 Å². The van der Waals surface area contributed by atoms with Gasteiger partial charge < -0.3 is 16.4 Å². The summed E-state index contributed by atoms with van der Waals surface area (Å²) in [6, 6.07) is 30.6. The average Bonchev–Trinajstić information content (AvgIpc) is 3.83. The Balaban J connectivity index is 0.000000203. The molecule has 0 amide bonds. The molecule has 0 saturated heterocycles. The number of nitrogens with two attached hydrogens (primary N) is 1. The van der Waals surface area contributed by atoms with Crippen LogP contribution in [0.4, 0.5) is 41.8 Å². The topological polar surface area (TPSA) is 156 Å². The van der Waals surface area contributed by atoms with E-state index in [1.165, 1.54) is 41.0 Å². The van der Waals surface area contributed by atoms with E-state index in [0.717, 1.165) is 28.9 Å². The number of nitrogens with zero attached hydrogens (tertiary/aromatic N) is 2. The van der Waals surface area contributed by atoms with Crippen LogP contribution in [-0.2, 0) is 10.0 Å². The summed E-state index contributed by atoms with van der Waals surface area (Å²) in [5.74, 6) is -2.22. The lowest BCUT2D eigenvalue weighted by molar-refractivity contribution is 0.102. The number of sulfonamides is 1. The van der Waals surface area contributed by atoms with Crippen LogP contribution in [0.2, 0.25) is 0 Å². The van der Waals surface area contributed by atoms with Gasteiger partial charge in [0.15, 0.2) is 10.3 Å². The van der Waals surface area contributed by atoms with Gasteiger partial charge in [-0.1, -0.05) is 59.9 Å². The molecule has 0 atom stereocenters. The number of halogens is 2. The maximum Gasteiger partial charge on any atom is 0.264 e. The lowest BCUT2D eigenvalue weighted by Gasteiger charge is -2.10. The lowest BCUT2D eigenvalue weighted by atomic mass is 10.0. The predicted octanol–water partition coefficient (Wildman–Crippen LogP) is 9.51. The van der Waals surface area contributed by atoms with Crippen LogP contribution in [0.1, 0.15) is 42.4 Å². The van der Waals surface area contributed by atoms with Crippen LogP contribution in [0.15, 0.2) is 132 Å². The van der Waals surface area contributed by atoms with E-state index in [1.54, 1.807) is 29.6 Å². The molecule has 10 nitrogen and oxygen atoms in total. The summed E-state index contributed by atoms with van der Waals surface area (Å²) in [6.07, 6.45) is 1.50. The van der Waals surface area contributed by atoms with E-state index in [2.05, 4.69) is 25.3 Å². The zero-order chi connectivity index (χ0) is 39.1. The second-order valence-corrected chi connectivity index (χ2v) is 15.5. The maximum absolute atomic E-state index is 13.8. The van der Waals surface area contributed by atoms with Crippen molar-refractivity contribution in [1.82, 2.24) is 9.97 Å². The first kappa shape index (κ1) is 38.4. The lowest BCUT2D eigenvalue weighted by Crippen LogP contribution is -2.14. The van der Waals surface area contributed by atoms with Crippen LogP contribution < -0.4 is 21.1 Å². The minimum atomic E-state index is -4.23. The Morgan fingerprint density at radius 1 is 0.709 bits per heavy atom. The Hall–Kier alpha value is -6.29. The van der Waals surface area contributed by atoms with Crippen molar-refractivity contribution in [3.63, 3.8) is 0 Å². The molecule has 0 radical (unpaired) electrons. The number of thiazole rings is 2. The Bertz CT molecular complexity index is 2590. The summed E-state index contributed by atoms with van der Waals surface area (Å²) in [6.45, 7) is 3.79. The number of hydrogen-bond donors (Lipinski definition) is 4. The minimum absolute atomic E-state index is 0.0558. The van der Waals surface area contributed by atoms with Gasteiger partial charge in [0.25, 0.3) is 10.0 Å². The summed E-state index contributed by atoms with van der Waals surface area (Å²) < 4.78 is 53.9. The Morgan fingerprint density at radius 3 is 1.89 bits per heavy atom. The normalized spacial score (nSPS) is 10.9. The summed E-state index contributed by atoms with van der Waals surface area (Å²) in [7, 11) is -4.23. The molecule has 0 unspecified atom stereocenters. The number of carbonyl (C=O) groups excluding carboxylic acids is 2. The van der Waals surface area contributed by atoms with E-state index in [-0.39, 0.29) is 17.3 Å². The average molecular weight is 795 g/mol. The van der Waals surface area contributed by atoms with Gasteiger partial charge in [-0.3, -0.25) is 14.3 Å². The number of ketones is 2. The number of aromatic nitrogens is 2. The van der Waals surface area contributed by atoms with Crippen LogP contribution in [0.25, 0.3) is 0 Å². The standard InChI is InChI=1S/C23H17F2N3O3S2.C17H15N3OS/c1-14-4-2-3-5-18(14)22(29)20-13-26-23(32-20)27-16-7-9-17(10-8-16)28-33(30,31)21-11-6-15(24)12-19(21)25;1-11-4-2-3-5-14(11)16(21)15-10-22-17(20-15)19-13-8-6-12(18)7-9-13/h2-13,28H,1H3,(H,26,27);2-10H,18H2,1H3,(H,19,20). The van der Waals surface area contributed by atoms with Crippen molar-refractivity contribution in [1.29, 1.82) is 0 Å². The molecule has 15 heteroatoms. The molecule has 278 valence electrons. The fourth-order valence-corrected chi connectivity index (χ4v) is 7.76. The highest BCUT2D eigenvalue weighted by Crippen LogP contribution is 2.28. The van der Waals surface area contributed by atoms with Crippen molar-refractivity contribution in [3.8, 4) is 0 Å². The molecule has 7 rings (SSSR count). The number of carbonyl (C=O) groups is 2. The predicted molar refractivity (Wildman–Crippen MR) is 214 cm³/mol. The zero-order valence-corrected chi connectivity index (χ0v) is 31.7. The van der Waals surface area contributed by atoms with Crippen molar-refractivity contribution >= 4 is 77.3 Å². The molecule has 55 heavy (non-hydrogen) atoms. The first-order chi connectivity index (χ1) is 26.4. The molecule has 0 aliphatic carbocycles. The van der Waals surface area contributed by atoms with Gasteiger partial charge >= 0.3 is 0 Å². The van der Waals surface area contributed by atoms with E-state index in [9.17, 15) is 26.8 Å². The molecule has 2 aromatic heterocycles. The van der Waals surface area contributed by atoms with Crippen molar-refractivity contribution in [2.75, 3.05) is 21.1 Å². The van der Waals surface area contributed by atoms with Gasteiger partial charge in [-0.05, 0) is 85.6 Å². The van der Waals surface area contributed by atoms with E-state index in [0.29, 0.717) is 49.4 Å². The number of benzene rings is 5. The van der Waals surface area contributed by atoms with Crippen molar-refractivity contribution < 1.29 is 26.8 Å². The van der Waals surface area contributed by atoms with E-state index in [1.807, 2.05) is 74.5 Å². The zero-order valence-electron chi connectivity index (χ0n) is 29.2. The SMILES string of the molecule is Cc1ccccc1C(=O)c1cnc(Nc2ccc(NS(=O)(=O)c3ccc(F)cc3F)cc2)s1.Cc1ccccc1C(=O)c1csc(Nc2ccc(N)cc2)n1. The van der Waals surface area contributed by atoms with Crippen LogP contribution in [0.3, 0.4) is 0 Å². The smallest absolute Gasteiger partial charge is 0.264 e. The fraction of sp³-hybridized carbons (Fsp3) is 0.0500. The highest BCUT2D eigenvalue weighted by molar-refractivity contribution is 7.92. The fourth-order valence-electron chi connectivity index (χ4n) is 5.14. The van der Waals surface area contributed by atoms with Crippen LogP contribution in [0.5, 0.6) is 0 Å². The van der Waals surface area contributed by atoms with E-state index < -0.39 is 26.6 Å². The molecule has 0 fully saturated rings. The Morgan fingerprint density at radius 2 is 1.27 bits per heavy atom. The monoisotopic (exact) mass is 794 g/mol. The first-order valence-corrected chi connectivity index (χ1v) is 19.6. The second kappa shape index (κ2) is 16.8. The van der Waals surface area contributed by atoms with Crippen LogP contribution >= 0.6 is 22.7 Å². The van der Waals surface area contributed by atoms with Crippen molar-refractivity contribution in [3.05, 3.63) is 171 Å². The molecular formula is C40H32F2N6O4S3. The molecular weight excluding hydrogens is 763 g/mol. The summed E-state index contributed by atoms with van der Waals surface area (Å²) in [5.41, 5.74) is 11.6. The molecule has 7 aromatic rings. The molecule has 0 aliphatic rings. The van der Waals surface area contributed by atoms with E-state index >= 15 is 0 Å². The third-order valence-electron chi connectivity index (χ3n) is 7.98. The summed E-state index contributed by atoms with van der Waals surface area (Å²) in [4.78, 5) is 33.6. The summed E-state index contributed by atoms with van der Waals surface area (Å²) in [5, 5.41) is 9.18. The quantitative estimate of drug-likeness (QED) is 0.0740. The van der Waals surface area contributed by atoms with Gasteiger partial charge in [0.1, 0.15) is 22.2 Å². The second-order valence-electron chi connectivity index (χ2n) is 12.0. The van der Waals surface area contributed by atoms with E-state index in [4.69, 9.17) is 5.73 Å². The molecule has 0 saturated carbocycles. The molecule has 2 heterocycles. The summed E-state index contributed by atoms with van der Waals surface area (Å²) >= 11 is 2.60. The molecule has 0 aliphatic heterocycles. The van der Waals surface area contributed by atoms with Gasteiger partial charge in [0.2, 0.25) is 11.6 Å². The van der Waals surface area contributed by atoms with Crippen molar-refractivity contribution in [2.45, 2.75) is 18.7 Å². The minimum Gasteiger partial charge on any atom is -0.399 e. The first-order valence-electron chi connectivity index (χ1n) is 16.5. The van der Waals surface area contributed by atoms with Gasteiger partial charge in [0.05, 0.1) is 11.1 Å². The highest BCUT2D eigenvalue weighted by atomic mass is 32.2. The molecule has 0 bridgehead atoms. The largest absolute Gasteiger partial charge is 0.399 e. The number of nitrogens with one attached hydrogen (secondary N) is 3. The van der Waals surface area contributed by atoms with Crippen LogP contribution in [-0.4, -0.2) is 30.0 Å². The number of nitrogen functional groups attached to an aromatic ring is 1. The number of rotatable bonds is 11. The van der Waals surface area contributed by atoms with Crippen LogP contribution in [0, 0.1) is 25.5 Å². The third-order valence-corrected chi connectivity index (χ3v) is 11.1. The van der Waals surface area contributed by atoms with Gasteiger partial charge in [-0.2, -0.15) is 0 Å². The number of hydrogen-bond acceptors (Lipinski definition) is 11. The Kier molecular flexibility index (Phi) is 11.7.